The van der Waals surface area contributed by atoms with Crippen LogP contribution in [0.15, 0.2) is 15.7 Å². The first-order chi connectivity index (χ1) is 8.35. The van der Waals surface area contributed by atoms with Crippen molar-refractivity contribution >= 4 is 21.4 Å². The van der Waals surface area contributed by atoms with Crippen LogP contribution in [0.2, 0.25) is 0 Å². The first kappa shape index (κ1) is 15.6. The number of nitrogens with one attached hydrogen (secondary N) is 1. The Hall–Kier alpha value is -0.470. The highest BCUT2D eigenvalue weighted by molar-refractivity contribution is 7.91. The molecular formula is C11H21N3O2S2. The molecule has 7 heteroatoms. The fourth-order valence-corrected chi connectivity index (χ4v) is 3.95. The van der Waals surface area contributed by atoms with Crippen LogP contribution in [0.5, 0.6) is 0 Å². The van der Waals surface area contributed by atoms with Crippen LogP contribution in [0.1, 0.15) is 18.9 Å². The number of hydrogen-bond acceptors (Lipinski definition) is 5. The summed E-state index contributed by atoms with van der Waals surface area (Å²) in [6, 6.07) is 1.55. The predicted molar refractivity (Wildman–Crippen MR) is 75.2 cm³/mol. The summed E-state index contributed by atoms with van der Waals surface area (Å²) in [7, 11) is 0.530. The van der Waals surface area contributed by atoms with Crippen LogP contribution in [-0.4, -0.2) is 40.0 Å². The third kappa shape index (κ3) is 4.66. The predicted octanol–water partition coefficient (Wildman–Crippen LogP) is 0.825. The average Bonchev–Trinajstić information content (AvgIpc) is 2.75. The second-order valence-electron chi connectivity index (χ2n) is 4.59. The van der Waals surface area contributed by atoms with E-state index >= 15 is 0 Å². The lowest BCUT2D eigenvalue weighted by Crippen LogP contribution is -2.34. The Morgan fingerprint density at radius 3 is 2.67 bits per heavy atom. The van der Waals surface area contributed by atoms with Crippen LogP contribution in [0.25, 0.3) is 0 Å². The van der Waals surface area contributed by atoms with Gasteiger partial charge in [0.05, 0.1) is 0 Å². The minimum atomic E-state index is -3.40. The number of hydrogen-bond donors (Lipinski definition) is 2. The third-order valence-corrected chi connectivity index (χ3v) is 5.57. The molecule has 0 radical (unpaired) electrons. The van der Waals surface area contributed by atoms with Gasteiger partial charge in [0.25, 0.3) is 0 Å². The molecule has 18 heavy (non-hydrogen) atoms. The second kappa shape index (κ2) is 6.63. The van der Waals surface area contributed by atoms with E-state index in [1.165, 1.54) is 11.3 Å². The van der Waals surface area contributed by atoms with Crippen molar-refractivity contribution < 1.29 is 8.42 Å². The van der Waals surface area contributed by atoms with Gasteiger partial charge in [-0.05, 0) is 51.0 Å². The highest BCUT2D eigenvalue weighted by atomic mass is 32.2. The van der Waals surface area contributed by atoms with Crippen LogP contribution >= 0.6 is 11.3 Å². The topological polar surface area (TPSA) is 75.4 Å². The van der Waals surface area contributed by atoms with Crippen LogP contribution in [-0.2, 0) is 16.6 Å². The Morgan fingerprint density at radius 1 is 1.50 bits per heavy atom. The maximum Gasteiger partial charge on any atom is 0.250 e. The van der Waals surface area contributed by atoms with Crippen LogP contribution in [0.3, 0.4) is 0 Å². The summed E-state index contributed by atoms with van der Waals surface area (Å²) in [6.45, 7) is 3.09. The molecule has 5 nitrogen and oxygen atoms in total. The summed E-state index contributed by atoms with van der Waals surface area (Å²) < 4.78 is 27.1. The van der Waals surface area contributed by atoms with Gasteiger partial charge in [0.1, 0.15) is 4.21 Å². The standard InChI is InChI=1S/C11H21N3O2S2/c1-9(4-5-14(2)3)13-18(15,16)11-6-10(7-12)8-17-11/h6,8-9,13H,4-5,7,12H2,1-3H3. The molecule has 0 aliphatic heterocycles. The third-order valence-electron chi connectivity index (χ3n) is 2.50. The van der Waals surface area contributed by atoms with Gasteiger partial charge in [0, 0.05) is 12.6 Å². The van der Waals surface area contributed by atoms with Gasteiger partial charge in [0.2, 0.25) is 10.0 Å². The SMILES string of the molecule is CC(CCN(C)C)NS(=O)(=O)c1cc(CN)cs1. The van der Waals surface area contributed by atoms with E-state index in [0.29, 0.717) is 10.8 Å². The maximum atomic E-state index is 12.1. The molecule has 0 saturated heterocycles. The van der Waals surface area contributed by atoms with Crippen molar-refractivity contribution in [2.24, 2.45) is 5.73 Å². The number of nitrogens with two attached hydrogens (primary N) is 1. The van der Waals surface area contributed by atoms with Crippen molar-refractivity contribution in [3.8, 4) is 0 Å². The van der Waals surface area contributed by atoms with Gasteiger partial charge in [-0.25, -0.2) is 13.1 Å². The van der Waals surface area contributed by atoms with Crippen molar-refractivity contribution in [3.05, 3.63) is 17.0 Å². The number of thiophene rings is 1. The molecule has 1 atom stereocenters. The fourth-order valence-electron chi connectivity index (χ4n) is 1.43. The monoisotopic (exact) mass is 291 g/mol. The molecule has 1 aromatic rings. The van der Waals surface area contributed by atoms with Gasteiger partial charge in [-0.15, -0.1) is 11.3 Å². The summed E-state index contributed by atoms with van der Waals surface area (Å²) in [5, 5.41) is 1.78. The molecule has 1 aromatic heterocycles. The molecule has 3 N–H and O–H groups in total. The van der Waals surface area contributed by atoms with Crippen LogP contribution < -0.4 is 10.5 Å². The molecule has 1 heterocycles. The Balaban J connectivity index is 2.64. The van der Waals surface area contributed by atoms with E-state index in [-0.39, 0.29) is 6.04 Å². The van der Waals surface area contributed by atoms with Crippen molar-refractivity contribution in [1.82, 2.24) is 9.62 Å². The van der Waals surface area contributed by atoms with Crippen molar-refractivity contribution in [2.75, 3.05) is 20.6 Å². The summed E-state index contributed by atoms with van der Waals surface area (Å²) in [5.41, 5.74) is 6.32. The molecule has 0 aliphatic rings. The Labute approximate surface area is 113 Å². The summed E-state index contributed by atoms with van der Waals surface area (Å²) in [6.07, 6.45) is 0.779. The molecule has 0 fully saturated rings. The Morgan fingerprint density at radius 2 is 2.17 bits per heavy atom. The average molecular weight is 291 g/mol. The number of rotatable bonds is 7. The van der Waals surface area contributed by atoms with Gasteiger partial charge in [0.15, 0.2) is 0 Å². The quantitative estimate of drug-likeness (QED) is 0.780. The molecule has 104 valence electrons. The number of nitrogens with zero attached hydrogens (tertiary/aromatic N) is 1. The van der Waals surface area contributed by atoms with E-state index in [9.17, 15) is 8.42 Å². The fraction of sp³-hybridized carbons (Fsp3) is 0.636. The van der Waals surface area contributed by atoms with E-state index in [2.05, 4.69) is 4.72 Å². The molecular weight excluding hydrogens is 270 g/mol. The highest BCUT2D eigenvalue weighted by Crippen LogP contribution is 2.20. The molecule has 0 amide bonds. The Kier molecular flexibility index (Phi) is 5.74. The first-order valence-corrected chi connectivity index (χ1v) is 8.16. The van der Waals surface area contributed by atoms with Crippen molar-refractivity contribution in [2.45, 2.75) is 30.1 Å². The van der Waals surface area contributed by atoms with E-state index in [4.69, 9.17) is 5.73 Å². The van der Waals surface area contributed by atoms with Crippen LogP contribution in [0, 0.1) is 0 Å². The molecule has 0 spiro atoms. The molecule has 0 bridgehead atoms. The Bertz CT molecular complexity index is 468. The van der Waals surface area contributed by atoms with Gasteiger partial charge in [-0.2, -0.15) is 0 Å². The molecule has 0 saturated carbocycles. The molecule has 1 unspecified atom stereocenters. The minimum absolute atomic E-state index is 0.0826. The van der Waals surface area contributed by atoms with Crippen molar-refractivity contribution in [1.29, 1.82) is 0 Å². The molecule has 0 aliphatic carbocycles. The lowest BCUT2D eigenvalue weighted by Gasteiger charge is -2.16. The summed E-state index contributed by atoms with van der Waals surface area (Å²) >= 11 is 1.21. The summed E-state index contributed by atoms with van der Waals surface area (Å²) in [4.78, 5) is 2.03. The van der Waals surface area contributed by atoms with Gasteiger partial charge in [-0.1, -0.05) is 0 Å². The largest absolute Gasteiger partial charge is 0.326 e. The van der Waals surface area contributed by atoms with E-state index in [1.807, 2.05) is 25.9 Å². The zero-order valence-corrected chi connectivity index (χ0v) is 12.6. The van der Waals surface area contributed by atoms with Gasteiger partial charge < -0.3 is 10.6 Å². The first-order valence-electron chi connectivity index (χ1n) is 5.79. The zero-order chi connectivity index (χ0) is 13.8. The molecule has 0 aromatic carbocycles. The van der Waals surface area contributed by atoms with E-state index < -0.39 is 10.0 Å². The number of sulfonamides is 1. The van der Waals surface area contributed by atoms with E-state index in [0.717, 1.165) is 18.5 Å². The highest BCUT2D eigenvalue weighted by Gasteiger charge is 2.19. The lowest BCUT2D eigenvalue weighted by atomic mass is 10.2. The van der Waals surface area contributed by atoms with Gasteiger partial charge >= 0.3 is 0 Å². The minimum Gasteiger partial charge on any atom is -0.326 e. The normalized spacial score (nSPS) is 14.1. The van der Waals surface area contributed by atoms with Crippen molar-refractivity contribution in [3.63, 3.8) is 0 Å². The van der Waals surface area contributed by atoms with E-state index in [1.54, 1.807) is 11.4 Å². The smallest absolute Gasteiger partial charge is 0.250 e. The van der Waals surface area contributed by atoms with Crippen LogP contribution in [0.4, 0.5) is 0 Å². The zero-order valence-electron chi connectivity index (χ0n) is 11.0. The second-order valence-corrected chi connectivity index (χ2v) is 7.44. The summed E-state index contributed by atoms with van der Waals surface area (Å²) in [5.74, 6) is 0. The maximum absolute atomic E-state index is 12.1. The molecule has 1 rings (SSSR count). The lowest BCUT2D eigenvalue weighted by molar-refractivity contribution is 0.379. The van der Waals surface area contributed by atoms with Gasteiger partial charge in [-0.3, -0.25) is 0 Å².